The van der Waals surface area contributed by atoms with Crippen LogP contribution in [0, 0.1) is 16.7 Å². The number of amidine groups is 1. The van der Waals surface area contributed by atoms with Crippen molar-refractivity contribution in [2.24, 2.45) is 17.1 Å². The van der Waals surface area contributed by atoms with Crippen LogP contribution in [-0.2, 0) is 0 Å². The summed E-state index contributed by atoms with van der Waals surface area (Å²) in [6.07, 6.45) is 3.36. The fourth-order valence-electron chi connectivity index (χ4n) is 1.52. The molecule has 0 saturated heterocycles. The van der Waals surface area contributed by atoms with E-state index in [1.54, 1.807) is 0 Å². The summed E-state index contributed by atoms with van der Waals surface area (Å²) in [4.78, 5) is 2.37. The number of nitrogens with zero attached hydrogens (tertiary/aromatic N) is 1. The maximum Gasteiger partial charge on any atom is 0.0963 e. The van der Waals surface area contributed by atoms with Crippen LogP contribution in [0.3, 0.4) is 0 Å². The summed E-state index contributed by atoms with van der Waals surface area (Å²) < 4.78 is 0. The molecule has 16 heavy (non-hydrogen) atoms. The average molecular weight is 227 g/mol. The molecule has 3 heteroatoms. The zero-order chi connectivity index (χ0) is 12.8. The lowest BCUT2D eigenvalue weighted by molar-refractivity contribution is 0.290. The van der Waals surface area contributed by atoms with Gasteiger partial charge in [-0.2, -0.15) is 0 Å². The molecule has 0 fully saturated rings. The molecule has 0 aromatic heterocycles. The molecule has 0 heterocycles. The first kappa shape index (κ1) is 15.4. The van der Waals surface area contributed by atoms with Gasteiger partial charge in [0.05, 0.1) is 5.84 Å². The highest BCUT2D eigenvalue weighted by Crippen LogP contribution is 2.21. The van der Waals surface area contributed by atoms with Gasteiger partial charge >= 0.3 is 0 Å². The van der Waals surface area contributed by atoms with Crippen LogP contribution in [0.25, 0.3) is 0 Å². The van der Waals surface area contributed by atoms with Gasteiger partial charge in [-0.05, 0) is 45.3 Å². The molecule has 3 nitrogen and oxygen atoms in total. The molecule has 0 rings (SSSR count). The first-order chi connectivity index (χ1) is 7.25. The molecule has 0 amide bonds. The van der Waals surface area contributed by atoms with Gasteiger partial charge < -0.3 is 10.6 Å². The summed E-state index contributed by atoms with van der Waals surface area (Å²) in [5.41, 5.74) is 5.42. The maximum atomic E-state index is 7.48. The van der Waals surface area contributed by atoms with Crippen molar-refractivity contribution >= 4 is 5.84 Å². The third kappa shape index (κ3) is 6.83. The number of hydrogen-bond donors (Lipinski definition) is 2. The van der Waals surface area contributed by atoms with Crippen LogP contribution in [-0.4, -0.2) is 30.9 Å². The smallest absolute Gasteiger partial charge is 0.0963 e. The Morgan fingerprint density at radius 1 is 1.31 bits per heavy atom. The Labute approximate surface area is 101 Å². The molecule has 96 valence electrons. The van der Waals surface area contributed by atoms with E-state index >= 15 is 0 Å². The molecule has 0 atom stereocenters. The molecule has 0 spiro atoms. The Balaban J connectivity index is 3.69. The molecule has 3 N–H and O–H groups in total. The quantitative estimate of drug-likeness (QED) is 0.495. The SMILES string of the molecule is CC(C)CCN(C)CCCC(C)(C)C(=N)N. The van der Waals surface area contributed by atoms with E-state index in [0.717, 1.165) is 31.8 Å². The molecule has 0 aliphatic rings. The largest absolute Gasteiger partial charge is 0.387 e. The van der Waals surface area contributed by atoms with E-state index in [2.05, 4.69) is 25.8 Å². The lowest BCUT2D eigenvalue weighted by Crippen LogP contribution is -2.32. The van der Waals surface area contributed by atoms with Gasteiger partial charge in [0.25, 0.3) is 0 Å². The van der Waals surface area contributed by atoms with Crippen LogP contribution in [0.4, 0.5) is 0 Å². The minimum Gasteiger partial charge on any atom is -0.387 e. The molecule has 0 saturated carbocycles. The second-order valence-electron chi connectivity index (χ2n) is 5.89. The second-order valence-corrected chi connectivity index (χ2v) is 5.89. The molecule has 0 radical (unpaired) electrons. The molecular weight excluding hydrogens is 198 g/mol. The third-order valence-electron chi connectivity index (χ3n) is 3.16. The summed E-state index contributed by atoms with van der Waals surface area (Å²) >= 11 is 0. The zero-order valence-electron chi connectivity index (χ0n) is 11.6. The number of rotatable bonds is 8. The van der Waals surface area contributed by atoms with Crippen molar-refractivity contribution in [2.75, 3.05) is 20.1 Å². The van der Waals surface area contributed by atoms with Crippen LogP contribution in [0.1, 0.15) is 47.0 Å². The predicted octanol–water partition coefficient (Wildman–Crippen LogP) is 2.71. The van der Waals surface area contributed by atoms with Gasteiger partial charge in [0.15, 0.2) is 0 Å². The topological polar surface area (TPSA) is 53.1 Å². The van der Waals surface area contributed by atoms with Gasteiger partial charge in [-0.25, -0.2) is 0 Å². The van der Waals surface area contributed by atoms with Crippen molar-refractivity contribution in [1.29, 1.82) is 5.41 Å². The highest BCUT2D eigenvalue weighted by Gasteiger charge is 2.20. The highest BCUT2D eigenvalue weighted by atomic mass is 15.1. The molecule has 0 aliphatic carbocycles. The van der Waals surface area contributed by atoms with E-state index in [9.17, 15) is 0 Å². The number of nitrogens with one attached hydrogen (secondary N) is 1. The first-order valence-electron chi connectivity index (χ1n) is 6.28. The molecule has 0 unspecified atom stereocenters. The number of nitrogens with two attached hydrogens (primary N) is 1. The van der Waals surface area contributed by atoms with Crippen molar-refractivity contribution in [3.63, 3.8) is 0 Å². The lowest BCUT2D eigenvalue weighted by Gasteiger charge is -2.24. The van der Waals surface area contributed by atoms with Gasteiger partial charge in [0.1, 0.15) is 0 Å². The second kappa shape index (κ2) is 6.89. The van der Waals surface area contributed by atoms with Crippen molar-refractivity contribution in [1.82, 2.24) is 4.90 Å². The highest BCUT2D eigenvalue weighted by molar-refractivity contribution is 5.82. The zero-order valence-corrected chi connectivity index (χ0v) is 11.6. The first-order valence-corrected chi connectivity index (χ1v) is 6.28. The van der Waals surface area contributed by atoms with E-state index in [-0.39, 0.29) is 5.41 Å². The fraction of sp³-hybridized carbons (Fsp3) is 0.923. The van der Waals surface area contributed by atoms with Crippen LogP contribution in [0.5, 0.6) is 0 Å². The standard InChI is InChI=1S/C13H29N3/c1-11(2)7-10-16(5)9-6-8-13(3,4)12(14)15/h11H,6-10H2,1-5H3,(H3,14,15). The van der Waals surface area contributed by atoms with Gasteiger partial charge in [0, 0.05) is 5.41 Å². The molecule has 0 aromatic rings. The van der Waals surface area contributed by atoms with Gasteiger partial charge in [-0.1, -0.05) is 27.7 Å². The van der Waals surface area contributed by atoms with Gasteiger partial charge in [0.2, 0.25) is 0 Å². The summed E-state index contributed by atoms with van der Waals surface area (Å²) in [5, 5.41) is 7.48. The summed E-state index contributed by atoms with van der Waals surface area (Å²) in [7, 11) is 2.17. The molecule has 0 aromatic carbocycles. The van der Waals surface area contributed by atoms with Crippen molar-refractivity contribution in [2.45, 2.75) is 47.0 Å². The maximum absolute atomic E-state index is 7.48. The minimum atomic E-state index is -0.140. The average Bonchev–Trinajstić information content (AvgIpc) is 2.14. The Hall–Kier alpha value is -0.570. The predicted molar refractivity (Wildman–Crippen MR) is 71.9 cm³/mol. The Morgan fingerprint density at radius 2 is 1.88 bits per heavy atom. The molecular formula is C13H29N3. The summed E-state index contributed by atoms with van der Waals surface area (Å²) in [6.45, 7) is 10.9. The van der Waals surface area contributed by atoms with Crippen molar-refractivity contribution < 1.29 is 0 Å². The van der Waals surface area contributed by atoms with Gasteiger partial charge in [-0.15, -0.1) is 0 Å². The van der Waals surface area contributed by atoms with Crippen molar-refractivity contribution in [3.05, 3.63) is 0 Å². The van der Waals surface area contributed by atoms with Gasteiger partial charge in [-0.3, -0.25) is 5.41 Å². The Kier molecular flexibility index (Phi) is 6.65. The van der Waals surface area contributed by atoms with E-state index in [0.29, 0.717) is 5.84 Å². The number of hydrogen-bond acceptors (Lipinski definition) is 2. The third-order valence-corrected chi connectivity index (χ3v) is 3.16. The molecule has 0 bridgehead atoms. The van der Waals surface area contributed by atoms with Crippen LogP contribution < -0.4 is 5.73 Å². The normalized spacial score (nSPS) is 12.4. The summed E-state index contributed by atoms with van der Waals surface area (Å²) in [6, 6.07) is 0. The van der Waals surface area contributed by atoms with Crippen LogP contribution in [0.2, 0.25) is 0 Å². The Bertz CT molecular complexity index is 209. The van der Waals surface area contributed by atoms with Crippen molar-refractivity contribution in [3.8, 4) is 0 Å². The Morgan fingerprint density at radius 3 is 2.31 bits per heavy atom. The van der Waals surface area contributed by atoms with Crippen LogP contribution >= 0.6 is 0 Å². The molecule has 0 aliphatic heterocycles. The minimum absolute atomic E-state index is 0.140. The fourth-order valence-corrected chi connectivity index (χ4v) is 1.52. The van der Waals surface area contributed by atoms with E-state index in [1.807, 2.05) is 13.8 Å². The van der Waals surface area contributed by atoms with E-state index in [1.165, 1.54) is 6.42 Å². The lowest BCUT2D eigenvalue weighted by atomic mass is 9.86. The monoisotopic (exact) mass is 227 g/mol. The summed E-state index contributed by atoms with van der Waals surface area (Å²) in [5.74, 6) is 1.08. The van der Waals surface area contributed by atoms with Crippen LogP contribution in [0.15, 0.2) is 0 Å². The van der Waals surface area contributed by atoms with E-state index in [4.69, 9.17) is 11.1 Å². The van der Waals surface area contributed by atoms with E-state index < -0.39 is 0 Å².